The quantitative estimate of drug-likeness (QED) is 0.800. The van der Waals surface area contributed by atoms with Crippen LogP contribution in [-0.2, 0) is 0 Å². The van der Waals surface area contributed by atoms with Crippen molar-refractivity contribution in [1.82, 2.24) is 5.32 Å². The standard InChI is InChI=1S/C10H11BrFN/c11-8-4-3-7(6-9(8)12)10-2-1-5-13-10/h3-4,6,10,13H,1-2,5H2/t10-/m1/s1. The second-order valence-corrected chi connectivity index (χ2v) is 4.18. The SMILES string of the molecule is Fc1cc([C@H]2CCCN2)ccc1Br. The van der Waals surface area contributed by atoms with Crippen molar-refractivity contribution in [1.29, 1.82) is 0 Å². The van der Waals surface area contributed by atoms with E-state index in [1.54, 1.807) is 12.1 Å². The monoisotopic (exact) mass is 243 g/mol. The van der Waals surface area contributed by atoms with Crippen LogP contribution < -0.4 is 5.32 Å². The van der Waals surface area contributed by atoms with Crippen LogP contribution in [0.4, 0.5) is 4.39 Å². The Morgan fingerprint density at radius 1 is 1.46 bits per heavy atom. The van der Waals surface area contributed by atoms with Crippen LogP contribution in [0, 0.1) is 5.82 Å². The molecule has 1 N–H and O–H groups in total. The molecule has 0 spiro atoms. The Hall–Kier alpha value is -0.410. The minimum Gasteiger partial charge on any atom is -0.310 e. The van der Waals surface area contributed by atoms with Crippen LogP contribution in [-0.4, -0.2) is 6.54 Å². The average Bonchev–Trinajstić information content (AvgIpc) is 2.62. The molecule has 1 aliphatic heterocycles. The second-order valence-electron chi connectivity index (χ2n) is 3.32. The maximum Gasteiger partial charge on any atom is 0.137 e. The summed E-state index contributed by atoms with van der Waals surface area (Å²) < 4.78 is 13.7. The van der Waals surface area contributed by atoms with E-state index < -0.39 is 0 Å². The smallest absolute Gasteiger partial charge is 0.137 e. The van der Waals surface area contributed by atoms with E-state index in [2.05, 4.69) is 21.2 Å². The third kappa shape index (κ3) is 1.92. The maximum absolute atomic E-state index is 13.2. The van der Waals surface area contributed by atoms with Crippen molar-refractivity contribution in [2.75, 3.05) is 6.54 Å². The molecule has 1 aliphatic rings. The number of halogens is 2. The lowest BCUT2D eigenvalue weighted by atomic mass is 10.1. The van der Waals surface area contributed by atoms with Crippen molar-refractivity contribution in [3.05, 3.63) is 34.1 Å². The van der Waals surface area contributed by atoms with Crippen LogP contribution in [0.25, 0.3) is 0 Å². The predicted octanol–water partition coefficient (Wildman–Crippen LogP) is 3.01. The zero-order valence-electron chi connectivity index (χ0n) is 7.19. The van der Waals surface area contributed by atoms with E-state index in [0.717, 1.165) is 18.5 Å². The zero-order valence-corrected chi connectivity index (χ0v) is 8.77. The fraction of sp³-hybridized carbons (Fsp3) is 0.400. The molecular formula is C10H11BrFN. The van der Waals surface area contributed by atoms with Gasteiger partial charge in [0.15, 0.2) is 0 Å². The number of rotatable bonds is 1. The van der Waals surface area contributed by atoms with Crippen molar-refractivity contribution in [3.8, 4) is 0 Å². The van der Waals surface area contributed by atoms with Crippen molar-refractivity contribution in [3.63, 3.8) is 0 Å². The van der Waals surface area contributed by atoms with Gasteiger partial charge in [0.1, 0.15) is 5.82 Å². The van der Waals surface area contributed by atoms with Gasteiger partial charge < -0.3 is 5.32 Å². The maximum atomic E-state index is 13.2. The molecule has 1 heterocycles. The lowest BCUT2D eigenvalue weighted by Gasteiger charge is -2.10. The van der Waals surface area contributed by atoms with Gasteiger partial charge in [-0.3, -0.25) is 0 Å². The molecule has 3 heteroatoms. The van der Waals surface area contributed by atoms with E-state index in [-0.39, 0.29) is 5.82 Å². The van der Waals surface area contributed by atoms with Crippen LogP contribution in [0.1, 0.15) is 24.4 Å². The summed E-state index contributed by atoms with van der Waals surface area (Å²) in [7, 11) is 0. The van der Waals surface area contributed by atoms with E-state index in [0.29, 0.717) is 10.5 Å². The molecule has 0 bridgehead atoms. The first-order valence-corrected chi connectivity index (χ1v) is 5.25. The normalized spacial score (nSPS) is 22.2. The lowest BCUT2D eigenvalue weighted by molar-refractivity contribution is 0.601. The summed E-state index contributed by atoms with van der Waals surface area (Å²) in [6, 6.07) is 5.69. The van der Waals surface area contributed by atoms with Gasteiger partial charge in [0.25, 0.3) is 0 Å². The first-order chi connectivity index (χ1) is 6.27. The second kappa shape index (κ2) is 3.76. The van der Waals surface area contributed by atoms with E-state index in [4.69, 9.17) is 0 Å². The van der Waals surface area contributed by atoms with E-state index in [1.807, 2.05) is 6.07 Å². The highest BCUT2D eigenvalue weighted by Crippen LogP contribution is 2.25. The summed E-state index contributed by atoms with van der Waals surface area (Å²) in [5.41, 5.74) is 1.05. The topological polar surface area (TPSA) is 12.0 Å². The molecule has 0 unspecified atom stereocenters. The largest absolute Gasteiger partial charge is 0.310 e. The third-order valence-electron chi connectivity index (χ3n) is 2.41. The van der Waals surface area contributed by atoms with Crippen molar-refractivity contribution in [2.45, 2.75) is 18.9 Å². The number of benzene rings is 1. The summed E-state index contributed by atoms with van der Waals surface area (Å²) in [6.45, 7) is 1.04. The van der Waals surface area contributed by atoms with E-state index in [1.165, 1.54) is 6.42 Å². The molecule has 13 heavy (non-hydrogen) atoms. The van der Waals surface area contributed by atoms with Gasteiger partial charge >= 0.3 is 0 Å². The number of hydrogen-bond acceptors (Lipinski definition) is 1. The Labute approximate surface area is 85.5 Å². The Bertz CT molecular complexity index is 308. The molecule has 1 aromatic carbocycles. The fourth-order valence-electron chi connectivity index (χ4n) is 1.70. The highest BCUT2D eigenvalue weighted by atomic mass is 79.9. The molecule has 0 saturated carbocycles. The van der Waals surface area contributed by atoms with Gasteiger partial charge in [0.2, 0.25) is 0 Å². The minimum absolute atomic E-state index is 0.175. The summed E-state index contributed by atoms with van der Waals surface area (Å²) in [5.74, 6) is -0.175. The van der Waals surface area contributed by atoms with E-state index >= 15 is 0 Å². The molecule has 0 aromatic heterocycles. The van der Waals surface area contributed by atoms with Gasteiger partial charge in [-0.05, 0) is 53.0 Å². The van der Waals surface area contributed by atoms with Crippen LogP contribution in [0.2, 0.25) is 0 Å². The van der Waals surface area contributed by atoms with Gasteiger partial charge in [0, 0.05) is 6.04 Å². The van der Waals surface area contributed by atoms with E-state index in [9.17, 15) is 4.39 Å². The number of nitrogens with one attached hydrogen (secondary N) is 1. The van der Waals surface area contributed by atoms with Crippen molar-refractivity contribution in [2.24, 2.45) is 0 Å². The Morgan fingerprint density at radius 3 is 2.92 bits per heavy atom. The first kappa shape index (κ1) is 9.16. The summed E-state index contributed by atoms with van der Waals surface area (Å²) in [6.07, 6.45) is 2.30. The summed E-state index contributed by atoms with van der Waals surface area (Å²) in [5, 5.41) is 3.34. The fourth-order valence-corrected chi connectivity index (χ4v) is 1.94. The predicted molar refractivity (Wildman–Crippen MR) is 54.1 cm³/mol. The Kier molecular flexibility index (Phi) is 2.65. The van der Waals surface area contributed by atoms with Crippen molar-refractivity contribution >= 4 is 15.9 Å². The Balaban J connectivity index is 2.25. The summed E-state index contributed by atoms with van der Waals surface area (Å²) >= 11 is 3.14. The molecular weight excluding hydrogens is 233 g/mol. The zero-order chi connectivity index (χ0) is 9.26. The molecule has 0 amide bonds. The van der Waals surface area contributed by atoms with Gasteiger partial charge in [-0.2, -0.15) is 0 Å². The minimum atomic E-state index is -0.175. The van der Waals surface area contributed by atoms with Gasteiger partial charge in [-0.25, -0.2) is 4.39 Å². The lowest BCUT2D eigenvalue weighted by Crippen LogP contribution is -2.12. The van der Waals surface area contributed by atoms with Crippen LogP contribution >= 0.6 is 15.9 Å². The Morgan fingerprint density at radius 2 is 2.31 bits per heavy atom. The van der Waals surface area contributed by atoms with Crippen LogP contribution in [0.3, 0.4) is 0 Å². The van der Waals surface area contributed by atoms with Crippen LogP contribution in [0.5, 0.6) is 0 Å². The van der Waals surface area contributed by atoms with Crippen molar-refractivity contribution < 1.29 is 4.39 Å². The molecule has 0 aliphatic carbocycles. The highest BCUT2D eigenvalue weighted by molar-refractivity contribution is 9.10. The molecule has 0 radical (unpaired) electrons. The molecule has 1 atom stereocenters. The van der Waals surface area contributed by atoms with Crippen LogP contribution in [0.15, 0.2) is 22.7 Å². The molecule has 1 saturated heterocycles. The first-order valence-electron chi connectivity index (χ1n) is 4.46. The molecule has 1 aromatic rings. The molecule has 70 valence electrons. The van der Waals surface area contributed by atoms with Gasteiger partial charge in [0.05, 0.1) is 4.47 Å². The van der Waals surface area contributed by atoms with Gasteiger partial charge in [-0.15, -0.1) is 0 Å². The average molecular weight is 244 g/mol. The van der Waals surface area contributed by atoms with Gasteiger partial charge in [-0.1, -0.05) is 6.07 Å². The molecule has 1 nitrogen and oxygen atoms in total. The third-order valence-corrected chi connectivity index (χ3v) is 3.05. The molecule has 1 fully saturated rings. The number of hydrogen-bond donors (Lipinski definition) is 1. The summed E-state index contributed by atoms with van der Waals surface area (Å²) in [4.78, 5) is 0. The highest BCUT2D eigenvalue weighted by Gasteiger charge is 2.16. The molecule has 2 rings (SSSR count).